The van der Waals surface area contributed by atoms with E-state index in [-0.39, 0.29) is 16.4 Å². The van der Waals surface area contributed by atoms with Gasteiger partial charge in [-0.2, -0.15) is 0 Å². The molecule has 1 aliphatic rings. The predicted octanol–water partition coefficient (Wildman–Crippen LogP) is 7.17. The van der Waals surface area contributed by atoms with Gasteiger partial charge >= 0.3 is 0 Å². The van der Waals surface area contributed by atoms with Gasteiger partial charge in [0.15, 0.2) is 5.11 Å². The summed E-state index contributed by atoms with van der Waals surface area (Å²) in [6.07, 6.45) is 1.49. The second kappa shape index (κ2) is 11.8. The van der Waals surface area contributed by atoms with Crippen LogP contribution >= 0.6 is 24.0 Å². The van der Waals surface area contributed by atoms with E-state index in [0.717, 1.165) is 10.5 Å². The summed E-state index contributed by atoms with van der Waals surface area (Å²) in [4.78, 5) is 40.5. The molecule has 1 saturated heterocycles. The van der Waals surface area contributed by atoms with Gasteiger partial charge in [0, 0.05) is 40.5 Å². The Bertz CT molecular complexity index is 1990. The second-order valence-corrected chi connectivity index (χ2v) is 11.5. The van der Waals surface area contributed by atoms with Gasteiger partial charge in [-0.1, -0.05) is 47.7 Å². The first kappa shape index (κ1) is 28.8. The van der Waals surface area contributed by atoms with Crippen molar-refractivity contribution in [3.63, 3.8) is 0 Å². The fourth-order valence-corrected chi connectivity index (χ4v) is 6.15. The molecule has 0 spiro atoms. The number of non-ortho nitro benzene ring substituents is 1. The van der Waals surface area contributed by atoms with Gasteiger partial charge in [-0.25, -0.2) is 0 Å². The summed E-state index contributed by atoms with van der Waals surface area (Å²) < 4.78 is 7.76. The van der Waals surface area contributed by atoms with Crippen molar-refractivity contribution in [2.75, 3.05) is 4.90 Å². The average Bonchev–Trinajstić information content (AvgIpc) is 3.27. The topological polar surface area (TPSA) is 107 Å². The Balaban J connectivity index is 1.41. The van der Waals surface area contributed by atoms with Crippen molar-refractivity contribution < 1.29 is 19.2 Å². The highest BCUT2D eigenvalue weighted by Gasteiger charge is 2.35. The molecule has 0 radical (unpaired) electrons. The summed E-state index contributed by atoms with van der Waals surface area (Å²) in [7, 11) is 1.84. The van der Waals surface area contributed by atoms with Crippen molar-refractivity contribution in [1.82, 2.24) is 9.88 Å². The molecule has 0 unspecified atom stereocenters. The predicted molar refractivity (Wildman–Crippen MR) is 174 cm³/mol. The number of anilines is 1. The smallest absolute Gasteiger partial charge is 0.270 e. The number of hydrogen-bond donors (Lipinski definition) is 1. The number of hydrogen-bond acceptors (Lipinski definition) is 7. The molecule has 1 N–H and O–H groups in total. The number of nitro groups is 1. The number of nitrogens with one attached hydrogen (secondary N) is 1. The second-order valence-electron chi connectivity index (χ2n) is 10.0. The number of rotatable bonds is 7. The monoisotopic (exact) mass is 620 g/mol. The van der Waals surface area contributed by atoms with Gasteiger partial charge in [0.25, 0.3) is 17.5 Å². The van der Waals surface area contributed by atoms with Crippen molar-refractivity contribution >= 4 is 69.3 Å². The van der Waals surface area contributed by atoms with Crippen LogP contribution < -0.4 is 15.0 Å². The van der Waals surface area contributed by atoms with Gasteiger partial charge in [0.2, 0.25) is 0 Å². The first-order valence-corrected chi connectivity index (χ1v) is 14.7. The van der Waals surface area contributed by atoms with Crippen LogP contribution in [0.1, 0.15) is 11.1 Å². The van der Waals surface area contributed by atoms with Gasteiger partial charge in [0.05, 0.1) is 15.6 Å². The summed E-state index contributed by atoms with van der Waals surface area (Å²) in [5.41, 5.74) is 2.50. The summed E-state index contributed by atoms with van der Waals surface area (Å²) in [6.45, 7) is 1.99. The first-order valence-electron chi connectivity index (χ1n) is 13.5. The number of fused-ring (bicyclic) bond motifs is 1. The van der Waals surface area contributed by atoms with E-state index in [9.17, 15) is 19.7 Å². The maximum atomic E-state index is 13.9. The van der Waals surface area contributed by atoms with Crippen molar-refractivity contribution in [1.29, 1.82) is 0 Å². The minimum atomic E-state index is -0.658. The van der Waals surface area contributed by atoms with Crippen molar-refractivity contribution in [2.45, 2.75) is 16.8 Å². The van der Waals surface area contributed by atoms with Crippen molar-refractivity contribution in [3.05, 3.63) is 124 Å². The molecule has 1 aromatic heterocycles. The zero-order chi connectivity index (χ0) is 31.0. The molecule has 2 amide bonds. The molecule has 0 atom stereocenters. The number of carbonyl (C=O) groups excluding carboxylic acids is 2. The molecule has 1 fully saturated rings. The van der Waals surface area contributed by atoms with Gasteiger partial charge in [-0.3, -0.25) is 29.9 Å². The number of thiocarbonyl (C=S) groups is 1. The quantitative estimate of drug-likeness (QED) is 0.0676. The van der Waals surface area contributed by atoms with Crippen LogP contribution in [0.4, 0.5) is 11.4 Å². The largest absolute Gasteiger partial charge is 0.457 e. The molecule has 2 heterocycles. The molecule has 5 aromatic rings. The molecule has 11 heteroatoms. The number of carbonyl (C=O) groups is 2. The van der Waals surface area contributed by atoms with Crippen LogP contribution in [0, 0.1) is 17.0 Å². The summed E-state index contributed by atoms with van der Waals surface area (Å²) >= 11 is 6.83. The SMILES string of the molecule is Cc1ccc(Sc2c(/C=C3\C(=O)NC(=S)N(c4ccc(Oc5ccccc5)cc4)C3=O)c3cc([N+](=O)[O-])ccc3n2C)cc1. The molecule has 9 nitrogen and oxygen atoms in total. The van der Waals surface area contributed by atoms with Crippen LogP contribution in [-0.2, 0) is 16.6 Å². The standard InChI is InChI=1S/C33H24N4O5S2/c1-20-8-15-25(16-9-20)44-32-27(26-18-22(37(40)41)12-17-29(26)35(32)2)19-28-30(38)34-33(43)36(31(28)39)21-10-13-24(14-11-21)42-23-6-4-3-5-7-23/h3-19H,1-2H3,(H,34,38,43)/b28-19+. The van der Waals surface area contributed by atoms with Crippen molar-refractivity contribution in [3.8, 4) is 11.5 Å². The molecule has 0 saturated carbocycles. The molecular weight excluding hydrogens is 597 g/mol. The number of aryl methyl sites for hydroxylation is 2. The Hall–Kier alpha value is -5.26. The third kappa shape index (κ3) is 5.58. The number of nitro benzene ring substituents is 1. The first-order chi connectivity index (χ1) is 21.2. The Kier molecular flexibility index (Phi) is 7.73. The Morgan fingerprint density at radius 2 is 1.61 bits per heavy atom. The lowest BCUT2D eigenvalue weighted by atomic mass is 10.1. The van der Waals surface area contributed by atoms with Gasteiger partial charge in [0.1, 0.15) is 17.1 Å². The van der Waals surface area contributed by atoms with E-state index in [2.05, 4.69) is 5.32 Å². The Morgan fingerprint density at radius 3 is 2.30 bits per heavy atom. The van der Waals surface area contributed by atoms with Crippen molar-refractivity contribution in [2.24, 2.45) is 7.05 Å². The zero-order valence-electron chi connectivity index (χ0n) is 23.5. The molecule has 0 aliphatic carbocycles. The third-order valence-electron chi connectivity index (χ3n) is 7.08. The van der Waals surface area contributed by atoms with E-state index < -0.39 is 16.7 Å². The van der Waals surface area contributed by atoms with Gasteiger partial charge < -0.3 is 9.30 Å². The lowest BCUT2D eigenvalue weighted by molar-refractivity contribution is -0.384. The van der Waals surface area contributed by atoms with E-state index >= 15 is 0 Å². The number of aromatic nitrogens is 1. The minimum absolute atomic E-state index is 0.0586. The third-order valence-corrected chi connectivity index (χ3v) is 8.56. The van der Waals surface area contributed by atoms with E-state index in [0.29, 0.717) is 38.7 Å². The summed E-state index contributed by atoms with van der Waals surface area (Å²) in [6, 6.07) is 28.5. The number of amides is 2. The number of ether oxygens (including phenoxy) is 1. The highest BCUT2D eigenvalue weighted by atomic mass is 32.2. The van der Waals surface area contributed by atoms with E-state index in [1.54, 1.807) is 30.3 Å². The average molecular weight is 621 g/mol. The van der Waals surface area contributed by atoms with Crippen LogP contribution in [0.5, 0.6) is 11.5 Å². The highest BCUT2D eigenvalue weighted by molar-refractivity contribution is 7.99. The number of nitrogens with zero attached hydrogens (tertiary/aromatic N) is 3. The van der Waals surface area contributed by atoms with Crippen LogP contribution in [0.25, 0.3) is 17.0 Å². The fourth-order valence-electron chi connectivity index (χ4n) is 4.86. The fraction of sp³-hybridized carbons (Fsp3) is 0.0606. The molecule has 1 aliphatic heterocycles. The number of para-hydroxylation sites is 1. The minimum Gasteiger partial charge on any atom is -0.457 e. The van der Waals surface area contributed by atoms with E-state index in [4.69, 9.17) is 17.0 Å². The van der Waals surface area contributed by atoms with Gasteiger partial charge in [-0.15, -0.1) is 0 Å². The lowest BCUT2D eigenvalue weighted by Crippen LogP contribution is -2.54. The Labute approximate surface area is 261 Å². The Morgan fingerprint density at radius 1 is 0.932 bits per heavy atom. The molecule has 44 heavy (non-hydrogen) atoms. The molecule has 6 rings (SSSR count). The van der Waals surface area contributed by atoms with Crippen LogP contribution in [0.2, 0.25) is 0 Å². The molecular formula is C33H24N4O5S2. The molecule has 0 bridgehead atoms. The van der Waals surface area contributed by atoms with Gasteiger partial charge in [-0.05, 0) is 79.8 Å². The van der Waals surface area contributed by atoms with Crippen LogP contribution in [-0.4, -0.2) is 26.4 Å². The maximum absolute atomic E-state index is 13.9. The zero-order valence-corrected chi connectivity index (χ0v) is 25.1. The number of benzene rings is 4. The van der Waals surface area contributed by atoms with Crippen LogP contribution in [0.15, 0.2) is 113 Å². The molecule has 4 aromatic carbocycles. The van der Waals surface area contributed by atoms with Crippen LogP contribution in [0.3, 0.4) is 0 Å². The normalized spacial score (nSPS) is 14.3. The summed E-state index contributed by atoms with van der Waals surface area (Å²) in [5.74, 6) is -0.0552. The molecule has 218 valence electrons. The maximum Gasteiger partial charge on any atom is 0.270 e. The highest BCUT2D eigenvalue weighted by Crippen LogP contribution is 2.40. The van der Waals surface area contributed by atoms with E-state index in [1.165, 1.54) is 34.9 Å². The summed E-state index contributed by atoms with van der Waals surface area (Å²) in [5, 5.41) is 15.5. The van der Waals surface area contributed by atoms with E-state index in [1.807, 2.05) is 73.1 Å². The lowest BCUT2D eigenvalue weighted by Gasteiger charge is -2.29.